The Bertz CT molecular complexity index is 635. The number of carbonyl (C=O) groups is 1. The molecule has 1 heterocycles. The third-order valence-corrected chi connectivity index (χ3v) is 3.79. The number of tetrazole rings is 1. The third-order valence-electron chi connectivity index (χ3n) is 3.79. The van der Waals surface area contributed by atoms with Gasteiger partial charge in [-0.3, -0.25) is 0 Å². The van der Waals surface area contributed by atoms with Gasteiger partial charge < -0.3 is 9.84 Å². The van der Waals surface area contributed by atoms with Gasteiger partial charge in [-0.1, -0.05) is 26.0 Å². The maximum absolute atomic E-state index is 11.8. The highest BCUT2D eigenvalue weighted by atomic mass is 16.5. The van der Waals surface area contributed by atoms with E-state index in [2.05, 4.69) is 15.5 Å². The molecule has 0 radical (unpaired) electrons. The minimum absolute atomic E-state index is 0.381. The molecule has 7 nitrogen and oxygen atoms in total. The average Bonchev–Trinajstić information content (AvgIpc) is 2.98. The molecule has 0 bridgehead atoms. The molecule has 0 saturated carbocycles. The van der Waals surface area contributed by atoms with Crippen LogP contribution in [0.1, 0.15) is 26.7 Å². The number of carboxylic acids is 1. The summed E-state index contributed by atoms with van der Waals surface area (Å²) in [5.41, 5.74) is -0.503. The predicted molar refractivity (Wildman–Crippen MR) is 76.0 cm³/mol. The van der Waals surface area contributed by atoms with E-state index in [1.165, 1.54) is 4.68 Å². The maximum atomic E-state index is 11.8. The van der Waals surface area contributed by atoms with E-state index in [1.54, 1.807) is 19.2 Å². The largest absolute Gasteiger partial charge is 0.496 e. The highest BCUT2D eigenvalue weighted by Gasteiger charge is 2.40. The monoisotopic (exact) mass is 290 g/mol. The van der Waals surface area contributed by atoms with Gasteiger partial charge in [0, 0.05) is 0 Å². The van der Waals surface area contributed by atoms with E-state index in [4.69, 9.17) is 4.74 Å². The molecule has 0 amide bonds. The Kier molecular flexibility index (Phi) is 4.21. The number of ether oxygens (including phenoxy) is 1. The van der Waals surface area contributed by atoms with Crippen molar-refractivity contribution in [2.45, 2.75) is 32.2 Å². The van der Waals surface area contributed by atoms with Crippen molar-refractivity contribution >= 4 is 5.97 Å². The molecule has 1 N–H and O–H groups in total. The molecule has 0 aliphatic rings. The fraction of sp³-hybridized carbons (Fsp3) is 0.429. The van der Waals surface area contributed by atoms with Gasteiger partial charge in [0.15, 0.2) is 11.4 Å². The lowest BCUT2D eigenvalue weighted by molar-refractivity contribution is -0.148. The minimum Gasteiger partial charge on any atom is -0.496 e. The number of benzene rings is 1. The Morgan fingerprint density at radius 3 is 2.57 bits per heavy atom. The van der Waals surface area contributed by atoms with Crippen LogP contribution in [0, 0.1) is 0 Å². The summed E-state index contributed by atoms with van der Waals surface area (Å²) in [6.45, 7) is 3.62. The van der Waals surface area contributed by atoms with Gasteiger partial charge in [0.2, 0.25) is 0 Å². The Morgan fingerprint density at radius 2 is 2.00 bits per heavy atom. The van der Waals surface area contributed by atoms with Crippen LogP contribution < -0.4 is 4.74 Å². The predicted octanol–water partition coefficient (Wildman–Crippen LogP) is 1.95. The summed E-state index contributed by atoms with van der Waals surface area (Å²) >= 11 is 0. The fourth-order valence-electron chi connectivity index (χ4n) is 2.42. The maximum Gasteiger partial charge on any atom is 0.331 e. The minimum atomic E-state index is -1.17. The van der Waals surface area contributed by atoms with Crippen LogP contribution in [-0.2, 0) is 10.3 Å². The summed E-state index contributed by atoms with van der Waals surface area (Å²) < 4.78 is 6.69. The summed E-state index contributed by atoms with van der Waals surface area (Å²) in [5, 5.41) is 21.2. The molecule has 1 aromatic carbocycles. The van der Waals surface area contributed by atoms with Gasteiger partial charge in [0.25, 0.3) is 0 Å². The van der Waals surface area contributed by atoms with Crippen molar-refractivity contribution in [3.8, 4) is 17.1 Å². The third kappa shape index (κ3) is 2.35. The van der Waals surface area contributed by atoms with Crippen LogP contribution in [-0.4, -0.2) is 38.4 Å². The van der Waals surface area contributed by atoms with Crippen LogP contribution in [0.4, 0.5) is 0 Å². The average molecular weight is 290 g/mol. The number of hydrogen-bond acceptors (Lipinski definition) is 5. The van der Waals surface area contributed by atoms with Crippen molar-refractivity contribution in [2.75, 3.05) is 7.11 Å². The van der Waals surface area contributed by atoms with Gasteiger partial charge in [0.1, 0.15) is 5.75 Å². The molecule has 0 aliphatic carbocycles. The summed E-state index contributed by atoms with van der Waals surface area (Å²) in [4.78, 5) is 11.8. The van der Waals surface area contributed by atoms with Gasteiger partial charge in [-0.25, -0.2) is 9.48 Å². The molecule has 2 rings (SSSR count). The van der Waals surface area contributed by atoms with Crippen LogP contribution in [0.2, 0.25) is 0 Å². The highest BCUT2D eigenvalue weighted by molar-refractivity contribution is 5.78. The number of hydrogen-bond donors (Lipinski definition) is 1. The van der Waals surface area contributed by atoms with Gasteiger partial charge in [-0.2, -0.15) is 0 Å². The first-order valence-electron chi connectivity index (χ1n) is 6.76. The molecule has 0 unspecified atom stereocenters. The number of nitrogens with zero attached hydrogens (tertiary/aromatic N) is 4. The smallest absolute Gasteiger partial charge is 0.331 e. The number of aliphatic carboxylic acids is 1. The molecule has 0 fully saturated rings. The van der Waals surface area contributed by atoms with Crippen LogP contribution >= 0.6 is 0 Å². The van der Waals surface area contributed by atoms with Crippen LogP contribution in [0.15, 0.2) is 24.3 Å². The normalized spacial score (nSPS) is 11.4. The van der Waals surface area contributed by atoms with Gasteiger partial charge in [0.05, 0.1) is 12.7 Å². The lowest BCUT2D eigenvalue weighted by Gasteiger charge is -2.27. The van der Waals surface area contributed by atoms with E-state index in [9.17, 15) is 9.90 Å². The van der Waals surface area contributed by atoms with Crippen molar-refractivity contribution in [2.24, 2.45) is 0 Å². The fourth-order valence-corrected chi connectivity index (χ4v) is 2.42. The number of rotatable bonds is 6. The lowest BCUT2D eigenvalue weighted by atomic mass is 9.92. The number of methoxy groups -OCH3 is 1. The van der Waals surface area contributed by atoms with Crippen LogP contribution in [0.3, 0.4) is 0 Å². The van der Waals surface area contributed by atoms with Gasteiger partial charge >= 0.3 is 5.97 Å². The molecule has 112 valence electrons. The Hall–Kier alpha value is -2.44. The zero-order chi connectivity index (χ0) is 15.5. The SMILES string of the molecule is CCC(CC)(C(=O)O)n1nnnc1-c1ccccc1OC. The molecule has 2 aromatic rings. The van der Waals surface area contributed by atoms with E-state index in [1.807, 2.05) is 26.0 Å². The lowest BCUT2D eigenvalue weighted by Crippen LogP contribution is -2.42. The van der Waals surface area contributed by atoms with E-state index < -0.39 is 11.5 Å². The van der Waals surface area contributed by atoms with Crippen molar-refractivity contribution in [3.05, 3.63) is 24.3 Å². The number of aromatic nitrogens is 4. The number of carboxylic acid groups (broad SMARTS) is 1. The first-order valence-corrected chi connectivity index (χ1v) is 6.76. The Morgan fingerprint density at radius 1 is 1.33 bits per heavy atom. The summed E-state index contributed by atoms with van der Waals surface area (Å²) in [5.74, 6) is 0.0366. The van der Waals surface area contributed by atoms with Gasteiger partial charge in [-0.15, -0.1) is 5.10 Å². The zero-order valence-corrected chi connectivity index (χ0v) is 12.3. The molecule has 0 spiro atoms. The first-order chi connectivity index (χ1) is 10.1. The van der Waals surface area contributed by atoms with Crippen LogP contribution in [0.25, 0.3) is 11.4 Å². The molecule has 0 saturated heterocycles. The van der Waals surface area contributed by atoms with Crippen molar-refractivity contribution < 1.29 is 14.6 Å². The molecule has 7 heteroatoms. The summed E-state index contributed by atoms with van der Waals surface area (Å²) in [6.07, 6.45) is 0.762. The Balaban J connectivity index is 2.65. The molecular formula is C14H18N4O3. The van der Waals surface area contributed by atoms with E-state index in [-0.39, 0.29) is 0 Å². The second-order valence-electron chi connectivity index (χ2n) is 4.66. The quantitative estimate of drug-likeness (QED) is 0.874. The zero-order valence-electron chi connectivity index (χ0n) is 12.3. The number of para-hydroxylation sites is 1. The molecule has 21 heavy (non-hydrogen) atoms. The second-order valence-corrected chi connectivity index (χ2v) is 4.66. The van der Waals surface area contributed by atoms with E-state index in [0.29, 0.717) is 30.0 Å². The van der Waals surface area contributed by atoms with E-state index >= 15 is 0 Å². The molecule has 1 aromatic heterocycles. The molecular weight excluding hydrogens is 272 g/mol. The molecule has 0 aliphatic heterocycles. The summed E-state index contributed by atoms with van der Waals surface area (Å²) in [6, 6.07) is 7.26. The van der Waals surface area contributed by atoms with Crippen molar-refractivity contribution in [3.63, 3.8) is 0 Å². The second kappa shape index (κ2) is 5.90. The highest BCUT2D eigenvalue weighted by Crippen LogP contribution is 2.33. The first kappa shape index (κ1) is 15.0. The van der Waals surface area contributed by atoms with Crippen molar-refractivity contribution in [1.29, 1.82) is 0 Å². The van der Waals surface area contributed by atoms with E-state index in [0.717, 1.165) is 0 Å². The Labute approximate surface area is 122 Å². The molecule has 0 atom stereocenters. The van der Waals surface area contributed by atoms with Crippen LogP contribution in [0.5, 0.6) is 5.75 Å². The topological polar surface area (TPSA) is 90.1 Å². The summed E-state index contributed by atoms with van der Waals surface area (Å²) in [7, 11) is 1.55. The van der Waals surface area contributed by atoms with Crippen molar-refractivity contribution in [1.82, 2.24) is 20.2 Å². The standard InChI is InChI=1S/C14H18N4O3/c1-4-14(5-2,13(19)20)18-12(15-16-17-18)10-8-6-7-9-11(10)21-3/h6-9H,4-5H2,1-3H3,(H,19,20). The van der Waals surface area contributed by atoms with Gasteiger partial charge in [-0.05, 0) is 35.4 Å².